The third-order valence-corrected chi connectivity index (χ3v) is 4.12. The Hall–Kier alpha value is -3.27. The van der Waals surface area contributed by atoms with E-state index in [0.717, 1.165) is 11.1 Å². The minimum absolute atomic E-state index is 0.339. The van der Waals surface area contributed by atoms with Crippen LogP contribution in [0.3, 0.4) is 0 Å². The second-order valence-electron chi connectivity index (χ2n) is 5.73. The standard InChI is InChI=1S/C18H17FN6/c1-11-12(2)23-24-18(15(11)9-20)22-10-14-4-5-17(16(19)8-14)25-7-6-21-13(25)3/h4-8H,10H2,1-3H3,(H,22,24). The molecule has 0 aliphatic carbocycles. The van der Waals surface area contributed by atoms with Gasteiger partial charge in [-0.1, -0.05) is 6.07 Å². The van der Waals surface area contributed by atoms with E-state index < -0.39 is 0 Å². The molecule has 2 aromatic heterocycles. The molecule has 0 amide bonds. The Balaban J connectivity index is 1.82. The highest BCUT2D eigenvalue weighted by Crippen LogP contribution is 2.20. The van der Waals surface area contributed by atoms with E-state index in [2.05, 4.69) is 26.6 Å². The summed E-state index contributed by atoms with van der Waals surface area (Å²) >= 11 is 0. The number of anilines is 1. The Morgan fingerprint density at radius 3 is 2.68 bits per heavy atom. The molecule has 7 heteroatoms. The molecule has 6 nitrogen and oxygen atoms in total. The molecule has 3 aromatic rings. The van der Waals surface area contributed by atoms with Crippen molar-refractivity contribution < 1.29 is 4.39 Å². The maximum absolute atomic E-state index is 14.4. The van der Waals surface area contributed by atoms with Gasteiger partial charge in [-0.2, -0.15) is 10.4 Å². The molecule has 0 unspecified atom stereocenters. The molecule has 0 spiro atoms. The van der Waals surface area contributed by atoms with Crippen molar-refractivity contribution in [1.82, 2.24) is 19.7 Å². The Labute approximate surface area is 145 Å². The van der Waals surface area contributed by atoms with Gasteiger partial charge in [0.05, 0.1) is 11.4 Å². The smallest absolute Gasteiger partial charge is 0.167 e. The van der Waals surface area contributed by atoms with Crippen molar-refractivity contribution >= 4 is 5.82 Å². The van der Waals surface area contributed by atoms with Crippen LogP contribution in [0, 0.1) is 37.9 Å². The molecule has 0 saturated carbocycles. The lowest BCUT2D eigenvalue weighted by atomic mass is 10.1. The molecule has 3 rings (SSSR count). The first kappa shape index (κ1) is 16.6. The number of imidazole rings is 1. The van der Waals surface area contributed by atoms with Crippen LogP contribution in [-0.4, -0.2) is 19.7 Å². The zero-order valence-electron chi connectivity index (χ0n) is 14.2. The van der Waals surface area contributed by atoms with Gasteiger partial charge in [0.25, 0.3) is 0 Å². The van der Waals surface area contributed by atoms with E-state index in [-0.39, 0.29) is 5.82 Å². The largest absolute Gasteiger partial charge is 0.363 e. The molecule has 0 saturated heterocycles. The van der Waals surface area contributed by atoms with Crippen LogP contribution in [0.4, 0.5) is 10.2 Å². The van der Waals surface area contributed by atoms with E-state index in [4.69, 9.17) is 0 Å². The summed E-state index contributed by atoms with van der Waals surface area (Å²) in [6, 6.07) is 7.13. The first-order valence-corrected chi connectivity index (χ1v) is 7.78. The van der Waals surface area contributed by atoms with E-state index in [1.165, 1.54) is 6.07 Å². The molecular weight excluding hydrogens is 319 g/mol. The van der Waals surface area contributed by atoms with E-state index in [1.807, 2.05) is 19.9 Å². The van der Waals surface area contributed by atoms with Crippen LogP contribution in [0.1, 0.15) is 28.2 Å². The monoisotopic (exact) mass is 336 g/mol. The number of hydrogen-bond donors (Lipinski definition) is 1. The van der Waals surface area contributed by atoms with E-state index >= 15 is 0 Å². The van der Waals surface area contributed by atoms with Crippen molar-refractivity contribution in [2.75, 3.05) is 5.32 Å². The molecule has 1 aromatic carbocycles. The summed E-state index contributed by atoms with van der Waals surface area (Å²) in [5, 5.41) is 20.4. The van der Waals surface area contributed by atoms with Crippen molar-refractivity contribution in [2.24, 2.45) is 0 Å². The average molecular weight is 336 g/mol. The predicted molar refractivity (Wildman–Crippen MR) is 91.8 cm³/mol. The summed E-state index contributed by atoms with van der Waals surface area (Å²) in [5.41, 5.74) is 3.15. The lowest BCUT2D eigenvalue weighted by Gasteiger charge is -2.11. The highest BCUT2D eigenvalue weighted by molar-refractivity contribution is 5.56. The van der Waals surface area contributed by atoms with E-state index in [0.29, 0.717) is 35.1 Å². The average Bonchev–Trinajstić information content (AvgIpc) is 3.02. The molecule has 0 bridgehead atoms. The van der Waals surface area contributed by atoms with Crippen LogP contribution < -0.4 is 5.32 Å². The van der Waals surface area contributed by atoms with Crippen molar-refractivity contribution in [3.8, 4) is 11.8 Å². The van der Waals surface area contributed by atoms with Crippen LogP contribution in [0.25, 0.3) is 5.69 Å². The molecule has 2 heterocycles. The Bertz CT molecular complexity index is 970. The van der Waals surface area contributed by atoms with Crippen LogP contribution in [0.5, 0.6) is 0 Å². The normalized spacial score (nSPS) is 10.5. The summed E-state index contributed by atoms with van der Waals surface area (Å²) in [6.07, 6.45) is 3.35. The van der Waals surface area contributed by atoms with Gasteiger partial charge in [-0.05, 0) is 44.0 Å². The van der Waals surface area contributed by atoms with Gasteiger partial charge in [-0.25, -0.2) is 9.37 Å². The summed E-state index contributed by atoms with van der Waals surface area (Å²) in [6.45, 7) is 5.79. The van der Waals surface area contributed by atoms with Crippen molar-refractivity contribution in [3.63, 3.8) is 0 Å². The maximum atomic E-state index is 14.4. The van der Waals surface area contributed by atoms with Gasteiger partial charge >= 0.3 is 0 Å². The molecular formula is C18H17FN6. The van der Waals surface area contributed by atoms with Gasteiger partial charge < -0.3 is 9.88 Å². The maximum Gasteiger partial charge on any atom is 0.167 e. The van der Waals surface area contributed by atoms with Gasteiger partial charge in [0, 0.05) is 18.9 Å². The number of halogens is 1. The molecule has 25 heavy (non-hydrogen) atoms. The van der Waals surface area contributed by atoms with Crippen LogP contribution in [0.15, 0.2) is 30.6 Å². The van der Waals surface area contributed by atoms with Gasteiger partial charge in [0.15, 0.2) is 5.82 Å². The van der Waals surface area contributed by atoms with Gasteiger partial charge in [0.1, 0.15) is 23.3 Å². The molecule has 0 atom stereocenters. The predicted octanol–water partition coefficient (Wildman–Crippen LogP) is 3.21. The third kappa shape index (κ3) is 3.19. The molecule has 1 N–H and O–H groups in total. The van der Waals surface area contributed by atoms with Crippen LogP contribution in [0.2, 0.25) is 0 Å². The van der Waals surface area contributed by atoms with Crippen molar-refractivity contribution in [2.45, 2.75) is 27.3 Å². The Kier molecular flexibility index (Phi) is 4.44. The number of aryl methyl sites for hydroxylation is 2. The van der Waals surface area contributed by atoms with E-state index in [9.17, 15) is 9.65 Å². The van der Waals surface area contributed by atoms with Gasteiger partial charge in [0.2, 0.25) is 0 Å². The minimum atomic E-state index is -0.341. The number of aromatic nitrogens is 4. The Morgan fingerprint density at radius 1 is 1.24 bits per heavy atom. The van der Waals surface area contributed by atoms with Crippen molar-refractivity contribution in [1.29, 1.82) is 5.26 Å². The fraction of sp³-hybridized carbons (Fsp3) is 0.222. The first-order valence-electron chi connectivity index (χ1n) is 7.78. The zero-order valence-corrected chi connectivity index (χ0v) is 14.2. The highest BCUT2D eigenvalue weighted by Gasteiger charge is 2.12. The van der Waals surface area contributed by atoms with Gasteiger partial charge in [-0.3, -0.25) is 0 Å². The molecule has 126 valence electrons. The SMILES string of the molecule is Cc1nnc(NCc2ccc(-n3ccnc3C)c(F)c2)c(C#N)c1C. The number of rotatable bonds is 4. The van der Waals surface area contributed by atoms with Crippen molar-refractivity contribution in [3.05, 3.63) is 64.6 Å². The van der Waals surface area contributed by atoms with Crippen LogP contribution in [-0.2, 0) is 6.54 Å². The summed E-state index contributed by atoms with van der Waals surface area (Å²) < 4.78 is 16.1. The summed E-state index contributed by atoms with van der Waals surface area (Å²) in [4.78, 5) is 4.11. The fourth-order valence-corrected chi connectivity index (χ4v) is 2.54. The number of benzene rings is 1. The van der Waals surface area contributed by atoms with Crippen LogP contribution >= 0.6 is 0 Å². The zero-order chi connectivity index (χ0) is 18.0. The number of nitrogens with one attached hydrogen (secondary N) is 1. The number of hydrogen-bond acceptors (Lipinski definition) is 5. The first-order chi connectivity index (χ1) is 12.0. The molecule has 0 aliphatic rings. The fourth-order valence-electron chi connectivity index (χ4n) is 2.54. The third-order valence-electron chi connectivity index (χ3n) is 4.12. The van der Waals surface area contributed by atoms with E-state index in [1.54, 1.807) is 30.0 Å². The number of nitriles is 1. The lowest BCUT2D eigenvalue weighted by molar-refractivity contribution is 0.614. The minimum Gasteiger partial charge on any atom is -0.363 e. The number of nitrogens with zero attached hydrogens (tertiary/aromatic N) is 5. The lowest BCUT2D eigenvalue weighted by Crippen LogP contribution is -2.08. The topological polar surface area (TPSA) is 79.4 Å². The summed E-state index contributed by atoms with van der Waals surface area (Å²) in [7, 11) is 0. The highest BCUT2D eigenvalue weighted by atomic mass is 19.1. The molecule has 0 fully saturated rings. The summed E-state index contributed by atoms with van der Waals surface area (Å²) in [5.74, 6) is 0.779. The quantitative estimate of drug-likeness (QED) is 0.791. The molecule has 0 aliphatic heterocycles. The second-order valence-corrected chi connectivity index (χ2v) is 5.73. The molecule has 0 radical (unpaired) electrons. The van der Waals surface area contributed by atoms with Gasteiger partial charge in [-0.15, -0.1) is 5.10 Å². The Morgan fingerprint density at radius 2 is 2.04 bits per heavy atom. The second kappa shape index (κ2) is 6.69.